The highest BCUT2D eigenvalue weighted by Gasteiger charge is 2.14. The third-order valence-corrected chi connectivity index (χ3v) is 4.93. The Morgan fingerprint density at radius 1 is 1.24 bits per heavy atom. The Kier molecular flexibility index (Phi) is 3.72. The smallest absolute Gasteiger partial charge is 0.239 e. The molecule has 3 aromatic rings. The molecule has 0 radical (unpaired) electrons. The van der Waals surface area contributed by atoms with Crippen LogP contribution in [-0.4, -0.2) is 23.0 Å². The lowest BCUT2D eigenvalue weighted by Crippen LogP contribution is -2.18. The minimum Gasteiger partial charge on any atom is -0.306 e. The van der Waals surface area contributed by atoms with Crippen LogP contribution in [0.4, 0.5) is 0 Å². The number of hydrogen-bond acceptors (Lipinski definition) is 6. The van der Waals surface area contributed by atoms with Crippen LogP contribution in [0, 0.1) is 0 Å². The quantitative estimate of drug-likeness (QED) is 0.720. The van der Waals surface area contributed by atoms with E-state index in [4.69, 9.17) is 5.14 Å². The monoisotopic (exact) mass is 323 g/mol. The lowest BCUT2D eigenvalue weighted by Gasteiger charge is -2.04. The van der Waals surface area contributed by atoms with E-state index in [2.05, 4.69) is 15.5 Å². The van der Waals surface area contributed by atoms with E-state index in [0.29, 0.717) is 18.7 Å². The lowest BCUT2D eigenvalue weighted by molar-refractivity contribution is 0.594. The molecule has 7 nitrogen and oxygen atoms in total. The summed E-state index contributed by atoms with van der Waals surface area (Å²) in [6, 6.07) is 5.66. The normalized spacial score (nSPS) is 12.0. The van der Waals surface area contributed by atoms with Crippen LogP contribution in [-0.2, 0) is 23.1 Å². The number of thiophene rings is 1. The predicted molar refractivity (Wildman–Crippen MR) is 79.2 cm³/mol. The number of nitrogens with one attached hydrogen (secondary N) is 1. The molecule has 21 heavy (non-hydrogen) atoms. The zero-order chi connectivity index (χ0) is 14.9. The van der Waals surface area contributed by atoms with Gasteiger partial charge in [0.2, 0.25) is 10.0 Å². The van der Waals surface area contributed by atoms with E-state index in [-0.39, 0.29) is 4.90 Å². The fraction of sp³-hybridized carbons (Fsp3) is 0.167. The molecule has 3 N–H and O–H groups in total. The Morgan fingerprint density at radius 3 is 2.90 bits per heavy atom. The number of nitrogens with two attached hydrogens (primary N) is 1. The first-order chi connectivity index (χ1) is 10.1. The number of hydrogen-bond donors (Lipinski definition) is 2. The number of rotatable bonds is 5. The summed E-state index contributed by atoms with van der Waals surface area (Å²) in [5.74, 6) is 0.762. The number of primary sulfonamides is 1. The maximum absolute atomic E-state index is 11.4. The highest BCUT2D eigenvalue weighted by molar-refractivity contribution is 7.89. The molecule has 0 aliphatic heterocycles. The molecule has 3 heterocycles. The van der Waals surface area contributed by atoms with E-state index in [1.54, 1.807) is 10.8 Å². The first-order valence-corrected chi connectivity index (χ1v) is 8.62. The maximum atomic E-state index is 11.4. The van der Waals surface area contributed by atoms with Crippen LogP contribution in [0.3, 0.4) is 0 Å². The third-order valence-electron chi connectivity index (χ3n) is 2.99. The van der Waals surface area contributed by atoms with Gasteiger partial charge >= 0.3 is 0 Å². The van der Waals surface area contributed by atoms with Crippen LogP contribution in [0.25, 0.3) is 5.65 Å². The summed E-state index contributed by atoms with van der Waals surface area (Å²) in [5.41, 5.74) is 1.44. The van der Waals surface area contributed by atoms with Crippen LogP contribution >= 0.6 is 11.3 Å². The molecule has 110 valence electrons. The molecule has 3 rings (SSSR count). The van der Waals surface area contributed by atoms with Gasteiger partial charge in [0.15, 0.2) is 11.5 Å². The summed E-state index contributed by atoms with van der Waals surface area (Å²) in [7, 11) is -3.67. The van der Waals surface area contributed by atoms with E-state index in [1.807, 2.05) is 28.8 Å². The maximum Gasteiger partial charge on any atom is 0.239 e. The van der Waals surface area contributed by atoms with Gasteiger partial charge in [-0.15, -0.1) is 10.2 Å². The molecule has 0 aromatic carbocycles. The van der Waals surface area contributed by atoms with Crippen molar-refractivity contribution in [1.29, 1.82) is 0 Å². The minimum atomic E-state index is -3.67. The zero-order valence-electron chi connectivity index (χ0n) is 10.9. The largest absolute Gasteiger partial charge is 0.306 e. The first kappa shape index (κ1) is 14.1. The van der Waals surface area contributed by atoms with Crippen molar-refractivity contribution in [3.8, 4) is 0 Å². The summed E-state index contributed by atoms with van der Waals surface area (Å²) in [6.07, 6.45) is 1.88. The van der Waals surface area contributed by atoms with Gasteiger partial charge in [0.25, 0.3) is 0 Å². The molecule has 0 amide bonds. The Hall–Kier alpha value is -1.81. The molecule has 0 aliphatic carbocycles. The van der Waals surface area contributed by atoms with E-state index in [9.17, 15) is 8.42 Å². The van der Waals surface area contributed by atoms with Gasteiger partial charge in [-0.25, -0.2) is 13.6 Å². The summed E-state index contributed by atoms with van der Waals surface area (Å²) < 4.78 is 24.7. The fourth-order valence-corrected chi connectivity index (χ4v) is 4.00. The van der Waals surface area contributed by atoms with Crippen molar-refractivity contribution in [2.75, 3.05) is 0 Å². The Labute approximate surface area is 125 Å². The molecule has 0 aliphatic rings. The molecule has 0 atom stereocenters. The number of fused-ring (bicyclic) bond motifs is 1. The van der Waals surface area contributed by atoms with Gasteiger partial charge in [-0.1, -0.05) is 6.07 Å². The summed E-state index contributed by atoms with van der Waals surface area (Å²) in [4.78, 5) is 0.172. The highest BCUT2D eigenvalue weighted by Crippen LogP contribution is 2.19. The van der Waals surface area contributed by atoms with Crippen molar-refractivity contribution in [2.45, 2.75) is 18.0 Å². The van der Waals surface area contributed by atoms with Crippen LogP contribution in [0.2, 0.25) is 0 Å². The number of nitrogens with zero attached hydrogens (tertiary/aromatic N) is 3. The molecule has 9 heteroatoms. The van der Waals surface area contributed by atoms with E-state index in [1.165, 1.54) is 11.3 Å². The lowest BCUT2D eigenvalue weighted by atomic mass is 10.3. The second-order valence-electron chi connectivity index (χ2n) is 4.45. The van der Waals surface area contributed by atoms with Gasteiger partial charge in [0.1, 0.15) is 0 Å². The molecule has 0 spiro atoms. The van der Waals surface area contributed by atoms with Crippen molar-refractivity contribution < 1.29 is 8.42 Å². The molecule has 0 bridgehead atoms. The molecule has 0 saturated carbocycles. The highest BCUT2D eigenvalue weighted by atomic mass is 32.2. The second-order valence-corrected chi connectivity index (χ2v) is 6.73. The fourth-order valence-electron chi connectivity index (χ4n) is 2.01. The molecular formula is C12H13N5O2S2. The van der Waals surface area contributed by atoms with Crippen LogP contribution in [0.5, 0.6) is 0 Å². The van der Waals surface area contributed by atoms with E-state index in [0.717, 1.165) is 11.5 Å². The molecular weight excluding hydrogens is 310 g/mol. The van der Waals surface area contributed by atoms with Crippen LogP contribution in [0.15, 0.2) is 40.1 Å². The molecule has 0 fully saturated rings. The minimum absolute atomic E-state index is 0.172. The number of sulfonamides is 1. The average Bonchev–Trinajstić information content (AvgIpc) is 3.05. The molecule has 3 aromatic heterocycles. The average molecular weight is 323 g/mol. The van der Waals surface area contributed by atoms with Gasteiger partial charge in [-0.3, -0.25) is 4.40 Å². The van der Waals surface area contributed by atoms with Gasteiger partial charge in [-0.05, 0) is 23.1 Å². The Balaban J connectivity index is 1.71. The van der Waals surface area contributed by atoms with Gasteiger partial charge in [-0.2, -0.15) is 11.3 Å². The molecule has 0 unspecified atom stereocenters. The third kappa shape index (κ3) is 2.95. The number of pyridine rings is 1. The Bertz CT molecular complexity index is 869. The van der Waals surface area contributed by atoms with Crippen molar-refractivity contribution in [2.24, 2.45) is 5.14 Å². The van der Waals surface area contributed by atoms with Crippen LogP contribution in [0.1, 0.15) is 11.4 Å². The number of aromatic nitrogens is 3. The van der Waals surface area contributed by atoms with Crippen molar-refractivity contribution in [3.63, 3.8) is 0 Å². The van der Waals surface area contributed by atoms with Crippen molar-refractivity contribution >= 4 is 27.0 Å². The topological polar surface area (TPSA) is 102 Å². The summed E-state index contributed by atoms with van der Waals surface area (Å²) in [6.45, 7) is 0.877. The van der Waals surface area contributed by atoms with Gasteiger partial charge in [0.05, 0.1) is 11.4 Å². The standard InChI is InChI=1S/C12H13N5O2S2/c13-21(18,19)10-8-20-7-9(10)5-14-6-12-16-15-11-3-1-2-4-17(11)12/h1-4,7-8,14H,5-6H2,(H2,13,18,19). The van der Waals surface area contributed by atoms with E-state index < -0.39 is 10.0 Å². The molecule has 0 saturated heterocycles. The van der Waals surface area contributed by atoms with Crippen LogP contribution < -0.4 is 10.5 Å². The summed E-state index contributed by atoms with van der Waals surface area (Å²) >= 11 is 1.31. The predicted octanol–water partition coefficient (Wildman–Crippen LogP) is 0.728. The zero-order valence-corrected chi connectivity index (χ0v) is 12.6. The summed E-state index contributed by atoms with van der Waals surface area (Å²) in [5, 5.41) is 19.8. The van der Waals surface area contributed by atoms with Gasteiger partial charge < -0.3 is 5.32 Å². The SMILES string of the molecule is NS(=O)(=O)c1cscc1CNCc1nnc2ccccn12. The van der Waals surface area contributed by atoms with Crippen molar-refractivity contribution in [1.82, 2.24) is 19.9 Å². The Morgan fingerprint density at radius 2 is 2.10 bits per heavy atom. The van der Waals surface area contributed by atoms with Gasteiger partial charge in [0, 0.05) is 18.1 Å². The second kappa shape index (κ2) is 5.53. The first-order valence-electron chi connectivity index (χ1n) is 6.13. The van der Waals surface area contributed by atoms with E-state index >= 15 is 0 Å². The van der Waals surface area contributed by atoms with Crippen molar-refractivity contribution in [3.05, 3.63) is 46.5 Å².